The largest absolute Gasteiger partial charge is 0.435 e. The van der Waals surface area contributed by atoms with Crippen molar-refractivity contribution < 1.29 is 18.3 Å². The van der Waals surface area contributed by atoms with Crippen molar-refractivity contribution in [2.24, 2.45) is 7.05 Å². The lowest BCUT2D eigenvalue weighted by molar-refractivity contribution is -0.0498. The number of hydrogen-bond donors (Lipinski definition) is 1. The maximum Gasteiger partial charge on any atom is 0.387 e. The minimum Gasteiger partial charge on any atom is -0.435 e. The number of carbonyl (C=O) groups excluding carboxylic acids is 1. The van der Waals surface area contributed by atoms with Gasteiger partial charge in [-0.2, -0.15) is 8.78 Å². The van der Waals surface area contributed by atoms with E-state index in [1.165, 1.54) is 24.3 Å². The van der Waals surface area contributed by atoms with Crippen LogP contribution in [-0.2, 0) is 7.05 Å². The van der Waals surface area contributed by atoms with Crippen LogP contribution in [0.3, 0.4) is 0 Å². The summed E-state index contributed by atoms with van der Waals surface area (Å²) in [6, 6.07) is 12.7. The lowest BCUT2D eigenvalue weighted by Gasteiger charge is -2.11. The Bertz CT molecular complexity index is 896. The SMILES string of the molecule is Cn1cnnc1-c1ccccc1NC(=O)c1cccc(OC(F)F)c1. The minimum absolute atomic E-state index is 0.0794. The minimum atomic E-state index is -2.95. The molecule has 1 heterocycles. The zero-order valence-corrected chi connectivity index (χ0v) is 13.2. The fourth-order valence-electron chi connectivity index (χ4n) is 2.32. The summed E-state index contributed by atoms with van der Waals surface area (Å²) >= 11 is 0. The average molecular weight is 344 g/mol. The van der Waals surface area contributed by atoms with E-state index in [4.69, 9.17) is 0 Å². The van der Waals surface area contributed by atoms with Crippen LogP contribution in [0.2, 0.25) is 0 Å². The van der Waals surface area contributed by atoms with E-state index in [-0.39, 0.29) is 11.3 Å². The van der Waals surface area contributed by atoms with Crippen LogP contribution in [0.15, 0.2) is 54.9 Å². The fourth-order valence-corrected chi connectivity index (χ4v) is 2.32. The Morgan fingerprint density at radius 1 is 1.20 bits per heavy atom. The number of ether oxygens (including phenoxy) is 1. The van der Waals surface area contributed by atoms with Gasteiger partial charge in [-0.25, -0.2) is 0 Å². The van der Waals surface area contributed by atoms with E-state index in [2.05, 4.69) is 20.3 Å². The fraction of sp³-hybridized carbons (Fsp3) is 0.118. The summed E-state index contributed by atoms with van der Waals surface area (Å²) in [5.74, 6) is 0.0595. The zero-order chi connectivity index (χ0) is 17.8. The Morgan fingerprint density at radius 3 is 2.72 bits per heavy atom. The van der Waals surface area contributed by atoms with Gasteiger partial charge in [0, 0.05) is 18.2 Å². The molecule has 0 aliphatic heterocycles. The third kappa shape index (κ3) is 3.79. The third-order valence-electron chi connectivity index (χ3n) is 3.45. The first-order chi connectivity index (χ1) is 12.0. The molecule has 0 fully saturated rings. The summed E-state index contributed by atoms with van der Waals surface area (Å²) in [6.45, 7) is -2.95. The van der Waals surface area contributed by atoms with Crippen LogP contribution in [0, 0.1) is 0 Å². The highest BCUT2D eigenvalue weighted by molar-refractivity contribution is 6.06. The summed E-state index contributed by atoms with van der Waals surface area (Å²) in [6.07, 6.45) is 1.55. The van der Waals surface area contributed by atoms with Gasteiger partial charge in [0.25, 0.3) is 5.91 Å². The molecule has 0 aliphatic carbocycles. The highest BCUT2D eigenvalue weighted by atomic mass is 19.3. The van der Waals surface area contributed by atoms with Crippen molar-refractivity contribution in [3.63, 3.8) is 0 Å². The molecule has 6 nitrogen and oxygen atoms in total. The number of carbonyl (C=O) groups is 1. The molecule has 3 aromatic rings. The lowest BCUT2D eigenvalue weighted by atomic mass is 10.1. The molecule has 0 saturated carbocycles. The van der Waals surface area contributed by atoms with Crippen molar-refractivity contribution >= 4 is 11.6 Å². The maximum absolute atomic E-state index is 12.5. The number of hydrogen-bond acceptors (Lipinski definition) is 4. The maximum atomic E-state index is 12.5. The molecule has 0 bridgehead atoms. The molecule has 25 heavy (non-hydrogen) atoms. The molecule has 0 unspecified atom stereocenters. The molecule has 0 radical (unpaired) electrons. The first-order valence-corrected chi connectivity index (χ1v) is 7.34. The Morgan fingerprint density at radius 2 is 2.00 bits per heavy atom. The second-order valence-electron chi connectivity index (χ2n) is 5.17. The van der Waals surface area contributed by atoms with Crippen LogP contribution in [0.1, 0.15) is 10.4 Å². The van der Waals surface area contributed by atoms with Gasteiger partial charge in [-0.3, -0.25) is 4.79 Å². The number of halogens is 2. The van der Waals surface area contributed by atoms with Gasteiger partial charge < -0.3 is 14.6 Å². The van der Waals surface area contributed by atoms with Gasteiger partial charge in [0.15, 0.2) is 5.82 Å². The molecule has 8 heteroatoms. The standard InChI is InChI=1S/C17H14F2N4O2/c1-23-10-20-22-15(23)13-7-2-3-8-14(13)21-16(24)11-5-4-6-12(9-11)25-17(18)19/h2-10,17H,1H3,(H,21,24). The van der Waals surface area contributed by atoms with Gasteiger partial charge in [-0.1, -0.05) is 18.2 Å². The van der Waals surface area contributed by atoms with Gasteiger partial charge in [0.2, 0.25) is 0 Å². The molecule has 0 saturated heterocycles. The number of nitrogens with zero attached hydrogens (tertiary/aromatic N) is 3. The van der Waals surface area contributed by atoms with Crippen LogP contribution in [0.4, 0.5) is 14.5 Å². The molecule has 1 amide bonds. The van der Waals surface area contributed by atoms with Crippen molar-refractivity contribution in [3.05, 3.63) is 60.4 Å². The number of amides is 1. The molecule has 0 aliphatic rings. The smallest absolute Gasteiger partial charge is 0.387 e. The number of nitrogens with one attached hydrogen (secondary N) is 1. The Labute approximate surface area is 142 Å². The van der Waals surface area contributed by atoms with Crippen molar-refractivity contribution in [3.8, 4) is 17.1 Å². The quantitative estimate of drug-likeness (QED) is 0.771. The highest BCUT2D eigenvalue weighted by Crippen LogP contribution is 2.26. The normalized spacial score (nSPS) is 10.7. The molecule has 128 valence electrons. The van der Waals surface area contributed by atoms with Gasteiger partial charge in [-0.05, 0) is 30.3 Å². The number of anilines is 1. The van der Waals surface area contributed by atoms with E-state index >= 15 is 0 Å². The second-order valence-corrected chi connectivity index (χ2v) is 5.17. The summed E-state index contributed by atoms with van der Waals surface area (Å²) in [7, 11) is 1.79. The van der Waals surface area contributed by atoms with Crippen LogP contribution >= 0.6 is 0 Å². The molecule has 1 N–H and O–H groups in total. The van der Waals surface area contributed by atoms with Gasteiger partial charge >= 0.3 is 6.61 Å². The second kappa shape index (κ2) is 7.08. The number of aryl methyl sites for hydroxylation is 1. The zero-order valence-electron chi connectivity index (χ0n) is 13.2. The summed E-state index contributed by atoms with van der Waals surface area (Å²) < 4.78 is 30.7. The summed E-state index contributed by atoms with van der Waals surface area (Å²) in [5.41, 5.74) is 1.42. The van der Waals surface area contributed by atoms with Gasteiger partial charge in [0.05, 0.1) is 5.69 Å². The topological polar surface area (TPSA) is 69.0 Å². The van der Waals surface area contributed by atoms with Crippen molar-refractivity contribution in [2.75, 3.05) is 5.32 Å². The number of benzene rings is 2. The van der Waals surface area contributed by atoms with E-state index in [0.717, 1.165) is 0 Å². The molecule has 2 aromatic carbocycles. The van der Waals surface area contributed by atoms with E-state index in [1.54, 1.807) is 36.1 Å². The lowest BCUT2D eigenvalue weighted by Crippen LogP contribution is -2.13. The van der Waals surface area contributed by atoms with Crippen molar-refractivity contribution in [2.45, 2.75) is 6.61 Å². The monoisotopic (exact) mass is 344 g/mol. The molecule has 0 spiro atoms. The predicted molar refractivity (Wildman–Crippen MR) is 87.5 cm³/mol. The van der Waals surface area contributed by atoms with Crippen LogP contribution in [0.25, 0.3) is 11.4 Å². The van der Waals surface area contributed by atoms with Gasteiger partial charge in [0.1, 0.15) is 12.1 Å². The number of para-hydroxylation sites is 1. The molecule has 3 rings (SSSR count). The van der Waals surface area contributed by atoms with Crippen molar-refractivity contribution in [1.82, 2.24) is 14.8 Å². The molecule has 1 aromatic heterocycles. The first-order valence-electron chi connectivity index (χ1n) is 7.34. The van der Waals surface area contributed by atoms with E-state index in [1.807, 2.05) is 6.07 Å². The first kappa shape index (κ1) is 16.6. The summed E-state index contributed by atoms with van der Waals surface area (Å²) in [5, 5.41) is 10.6. The van der Waals surface area contributed by atoms with E-state index in [0.29, 0.717) is 17.1 Å². The number of aromatic nitrogens is 3. The molecule has 0 atom stereocenters. The van der Waals surface area contributed by atoms with E-state index in [9.17, 15) is 13.6 Å². The van der Waals surface area contributed by atoms with Crippen molar-refractivity contribution in [1.29, 1.82) is 0 Å². The predicted octanol–water partition coefficient (Wildman–Crippen LogP) is 3.34. The number of alkyl halides is 2. The van der Waals surface area contributed by atoms with Crippen LogP contribution in [-0.4, -0.2) is 27.3 Å². The summed E-state index contributed by atoms with van der Waals surface area (Å²) in [4.78, 5) is 12.5. The van der Waals surface area contributed by atoms with Crippen LogP contribution in [0.5, 0.6) is 5.75 Å². The number of rotatable bonds is 5. The average Bonchev–Trinajstić information content (AvgIpc) is 3.01. The highest BCUT2D eigenvalue weighted by Gasteiger charge is 2.14. The molecular formula is C17H14F2N4O2. The molecular weight excluding hydrogens is 330 g/mol. The third-order valence-corrected chi connectivity index (χ3v) is 3.45. The Kier molecular flexibility index (Phi) is 4.69. The Balaban J connectivity index is 1.86. The van der Waals surface area contributed by atoms with E-state index < -0.39 is 12.5 Å². The van der Waals surface area contributed by atoms with Gasteiger partial charge in [-0.15, -0.1) is 10.2 Å². The Hall–Kier alpha value is -3.29. The van der Waals surface area contributed by atoms with Crippen LogP contribution < -0.4 is 10.1 Å².